The predicted octanol–water partition coefficient (Wildman–Crippen LogP) is 2.93. The summed E-state index contributed by atoms with van der Waals surface area (Å²) in [6.07, 6.45) is 5.61. The highest BCUT2D eigenvalue weighted by Crippen LogP contribution is 2.21. The lowest BCUT2D eigenvalue weighted by Crippen LogP contribution is -2.22. The molecule has 0 aliphatic rings. The van der Waals surface area contributed by atoms with Gasteiger partial charge >= 0.3 is 0 Å². The zero-order valence-corrected chi connectivity index (χ0v) is 10.8. The molecule has 2 aromatic heterocycles. The summed E-state index contributed by atoms with van der Waals surface area (Å²) in [5.41, 5.74) is 2.13. The maximum absolute atomic E-state index is 4.37. The van der Waals surface area contributed by atoms with Crippen LogP contribution >= 0.6 is 0 Å². The Bertz CT molecular complexity index is 655. The van der Waals surface area contributed by atoms with Crippen LogP contribution in [-0.4, -0.2) is 20.8 Å². The molecule has 2 heterocycles. The fourth-order valence-electron chi connectivity index (χ4n) is 2.22. The molecule has 1 atom stereocenters. The van der Waals surface area contributed by atoms with Gasteiger partial charge in [0.1, 0.15) is 0 Å². The fraction of sp³-hybridized carbons (Fsp3) is 0.200. The molecule has 0 saturated carbocycles. The van der Waals surface area contributed by atoms with Crippen molar-refractivity contribution in [2.45, 2.75) is 19.5 Å². The summed E-state index contributed by atoms with van der Waals surface area (Å²) in [5.74, 6) is 0. The Balaban J connectivity index is 1.81. The van der Waals surface area contributed by atoms with Crippen LogP contribution in [0.25, 0.3) is 10.9 Å². The maximum atomic E-state index is 4.37. The SMILES string of the molecule is CC(Cn1cccn1)Nc1ccnc2ccccc12. The summed E-state index contributed by atoms with van der Waals surface area (Å²) >= 11 is 0. The molecule has 0 amide bonds. The van der Waals surface area contributed by atoms with Crippen LogP contribution in [0.4, 0.5) is 5.69 Å². The van der Waals surface area contributed by atoms with E-state index in [1.807, 2.05) is 47.4 Å². The van der Waals surface area contributed by atoms with Gasteiger partial charge in [-0.15, -0.1) is 0 Å². The third kappa shape index (κ3) is 2.57. The molecule has 0 spiro atoms. The summed E-state index contributed by atoms with van der Waals surface area (Å²) in [6.45, 7) is 2.99. The second-order valence-electron chi connectivity index (χ2n) is 4.65. The lowest BCUT2D eigenvalue weighted by molar-refractivity contribution is 0.561. The molecule has 0 aliphatic heterocycles. The Hall–Kier alpha value is -2.36. The highest BCUT2D eigenvalue weighted by molar-refractivity contribution is 5.90. The van der Waals surface area contributed by atoms with Crippen LogP contribution < -0.4 is 5.32 Å². The van der Waals surface area contributed by atoms with Crippen molar-refractivity contribution in [1.82, 2.24) is 14.8 Å². The van der Waals surface area contributed by atoms with E-state index in [0.29, 0.717) is 6.04 Å². The van der Waals surface area contributed by atoms with E-state index in [4.69, 9.17) is 0 Å². The molecule has 1 unspecified atom stereocenters. The molecule has 19 heavy (non-hydrogen) atoms. The van der Waals surface area contributed by atoms with Gasteiger partial charge in [-0.2, -0.15) is 5.10 Å². The van der Waals surface area contributed by atoms with Gasteiger partial charge < -0.3 is 5.32 Å². The molecule has 0 radical (unpaired) electrons. The van der Waals surface area contributed by atoms with Crippen molar-refractivity contribution in [2.24, 2.45) is 0 Å². The highest BCUT2D eigenvalue weighted by atomic mass is 15.3. The van der Waals surface area contributed by atoms with E-state index in [1.165, 1.54) is 0 Å². The minimum Gasteiger partial charge on any atom is -0.380 e. The Labute approximate surface area is 112 Å². The second-order valence-corrected chi connectivity index (χ2v) is 4.65. The van der Waals surface area contributed by atoms with Crippen molar-refractivity contribution >= 4 is 16.6 Å². The Morgan fingerprint density at radius 2 is 2.05 bits per heavy atom. The lowest BCUT2D eigenvalue weighted by Gasteiger charge is -2.16. The number of benzene rings is 1. The van der Waals surface area contributed by atoms with Crippen molar-refractivity contribution in [2.75, 3.05) is 5.32 Å². The van der Waals surface area contributed by atoms with Crippen molar-refractivity contribution < 1.29 is 0 Å². The van der Waals surface area contributed by atoms with Gasteiger partial charge in [-0.1, -0.05) is 18.2 Å². The summed E-state index contributed by atoms with van der Waals surface area (Å²) in [7, 11) is 0. The van der Waals surface area contributed by atoms with Gasteiger partial charge in [0, 0.05) is 35.7 Å². The van der Waals surface area contributed by atoms with Crippen molar-refractivity contribution in [3.8, 4) is 0 Å². The van der Waals surface area contributed by atoms with Gasteiger partial charge in [-0.3, -0.25) is 9.67 Å². The van der Waals surface area contributed by atoms with E-state index in [-0.39, 0.29) is 0 Å². The minimum absolute atomic E-state index is 0.297. The molecule has 1 aromatic carbocycles. The number of pyridine rings is 1. The maximum Gasteiger partial charge on any atom is 0.0722 e. The smallest absolute Gasteiger partial charge is 0.0722 e. The number of para-hydroxylation sites is 1. The monoisotopic (exact) mass is 252 g/mol. The van der Waals surface area contributed by atoms with Crippen LogP contribution in [0, 0.1) is 0 Å². The van der Waals surface area contributed by atoms with Gasteiger partial charge in [0.25, 0.3) is 0 Å². The van der Waals surface area contributed by atoms with Crippen LogP contribution in [0.3, 0.4) is 0 Å². The molecule has 0 aliphatic carbocycles. The van der Waals surface area contributed by atoms with Crippen molar-refractivity contribution in [1.29, 1.82) is 0 Å². The first-order valence-corrected chi connectivity index (χ1v) is 6.40. The topological polar surface area (TPSA) is 42.7 Å². The van der Waals surface area contributed by atoms with Crippen LogP contribution in [0.1, 0.15) is 6.92 Å². The standard InChI is InChI=1S/C15H16N4/c1-12(11-19-10-4-8-17-19)18-15-7-9-16-14-6-3-2-5-13(14)15/h2-10,12H,11H2,1H3,(H,16,18). The number of rotatable bonds is 4. The minimum atomic E-state index is 0.297. The van der Waals surface area contributed by atoms with E-state index in [1.54, 1.807) is 6.20 Å². The normalized spacial score (nSPS) is 12.5. The third-order valence-corrected chi connectivity index (χ3v) is 3.07. The van der Waals surface area contributed by atoms with E-state index < -0.39 is 0 Å². The van der Waals surface area contributed by atoms with E-state index in [2.05, 4.69) is 28.4 Å². The molecule has 4 heteroatoms. The van der Waals surface area contributed by atoms with Crippen LogP contribution in [0.2, 0.25) is 0 Å². The number of nitrogens with one attached hydrogen (secondary N) is 1. The van der Waals surface area contributed by atoms with Crippen LogP contribution in [-0.2, 0) is 6.54 Å². The van der Waals surface area contributed by atoms with E-state index in [0.717, 1.165) is 23.1 Å². The molecule has 3 rings (SSSR count). The molecular weight excluding hydrogens is 236 g/mol. The molecule has 96 valence electrons. The number of nitrogens with zero attached hydrogens (tertiary/aromatic N) is 3. The molecule has 3 aromatic rings. The van der Waals surface area contributed by atoms with Gasteiger partial charge in [0.05, 0.1) is 12.1 Å². The Kier molecular flexibility index (Phi) is 3.14. The molecular formula is C15H16N4. The van der Waals surface area contributed by atoms with Crippen molar-refractivity contribution in [3.63, 3.8) is 0 Å². The van der Waals surface area contributed by atoms with Crippen LogP contribution in [0.15, 0.2) is 55.0 Å². The average Bonchev–Trinajstić information content (AvgIpc) is 2.92. The van der Waals surface area contributed by atoms with Gasteiger partial charge in [0.2, 0.25) is 0 Å². The first-order chi connectivity index (χ1) is 9.33. The number of aromatic nitrogens is 3. The largest absolute Gasteiger partial charge is 0.380 e. The Morgan fingerprint density at radius 3 is 2.89 bits per heavy atom. The second kappa shape index (κ2) is 5.10. The van der Waals surface area contributed by atoms with Gasteiger partial charge in [0.15, 0.2) is 0 Å². The quantitative estimate of drug-likeness (QED) is 0.776. The first kappa shape index (κ1) is 11.7. The molecule has 1 N–H and O–H groups in total. The Morgan fingerprint density at radius 1 is 1.16 bits per heavy atom. The average molecular weight is 252 g/mol. The third-order valence-electron chi connectivity index (χ3n) is 3.07. The van der Waals surface area contributed by atoms with Crippen LogP contribution in [0.5, 0.6) is 0 Å². The van der Waals surface area contributed by atoms with Crippen molar-refractivity contribution in [3.05, 3.63) is 55.0 Å². The predicted molar refractivity (Wildman–Crippen MR) is 77.1 cm³/mol. The van der Waals surface area contributed by atoms with Gasteiger partial charge in [-0.05, 0) is 25.1 Å². The lowest BCUT2D eigenvalue weighted by atomic mass is 10.1. The number of anilines is 1. The highest BCUT2D eigenvalue weighted by Gasteiger charge is 2.06. The first-order valence-electron chi connectivity index (χ1n) is 6.40. The molecule has 0 fully saturated rings. The zero-order chi connectivity index (χ0) is 13.1. The summed E-state index contributed by atoms with van der Waals surface area (Å²) < 4.78 is 1.93. The summed E-state index contributed by atoms with van der Waals surface area (Å²) in [5, 5.41) is 8.90. The molecule has 0 bridgehead atoms. The van der Waals surface area contributed by atoms with E-state index >= 15 is 0 Å². The summed E-state index contributed by atoms with van der Waals surface area (Å²) in [6, 6.07) is 12.4. The fourth-order valence-corrected chi connectivity index (χ4v) is 2.22. The van der Waals surface area contributed by atoms with Gasteiger partial charge in [-0.25, -0.2) is 0 Å². The molecule has 4 nitrogen and oxygen atoms in total. The molecule has 0 saturated heterocycles. The number of hydrogen-bond donors (Lipinski definition) is 1. The number of fused-ring (bicyclic) bond motifs is 1. The van der Waals surface area contributed by atoms with E-state index in [9.17, 15) is 0 Å². The zero-order valence-electron chi connectivity index (χ0n) is 10.8. The summed E-state index contributed by atoms with van der Waals surface area (Å²) in [4.78, 5) is 4.37. The number of hydrogen-bond acceptors (Lipinski definition) is 3.